The predicted molar refractivity (Wildman–Crippen MR) is 136 cm³/mol. The lowest BCUT2D eigenvalue weighted by atomic mass is 10.00. The van der Waals surface area contributed by atoms with Crippen LogP contribution in [0.3, 0.4) is 0 Å². The quantitative estimate of drug-likeness (QED) is 0.271. The average Bonchev–Trinajstić information content (AvgIpc) is 3.60. The Morgan fingerprint density at radius 2 is 1.91 bits per heavy atom. The zero-order valence-electron chi connectivity index (χ0n) is 18.8. The SMILES string of the molecule is CCS(=O)Nc1ccc(Oc2ccc(F)cc2F)c(-c2cc(C3CC3)nc3c2ccn3PC)c1. The third-order valence-electron chi connectivity index (χ3n) is 5.79. The minimum Gasteiger partial charge on any atom is -0.454 e. The van der Waals surface area contributed by atoms with Gasteiger partial charge in [-0.2, -0.15) is 0 Å². The fourth-order valence-electron chi connectivity index (χ4n) is 3.89. The fourth-order valence-corrected chi connectivity index (χ4v) is 5.03. The van der Waals surface area contributed by atoms with E-state index in [1.807, 2.05) is 25.3 Å². The third kappa shape index (κ3) is 4.57. The first-order valence-electron chi connectivity index (χ1n) is 11.1. The van der Waals surface area contributed by atoms with Gasteiger partial charge in [-0.25, -0.2) is 18.0 Å². The molecule has 34 heavy (non-hydrogen) atoms. The minimum absolute atomic E-state index is 0.0687. The molecule has 176 valence electrons. The molecule has 5 rings (SSSR count). The van der Waals surface area contributed by atoms with Gasteiger partial charge in [0.15, 0.2) is 11.6 Å². The lowest BCUT2D eigenvalue weighted by Crippen LogP contribution is -2.06. The fraction of sp³-hybridized carbons (Fsp3) is 0.240. The number of rotatable bonds is 8. The molecule has 0 aliphatic heterocycles. The summed E-state index contributed by atoms with van der Waals surface area (Å²) in [5.41, 5.74) is 4.21. The summed E-state index contributed by atoms with van der Waals surface area (Å²) in [6, 6.07) is 12.7. The van der Waals surface area contributed by atoms with Crippen LogP contribution in [0.25, 0.3) is 22.2 Å². The van der Waals surface area contributed by atoms with Crippen molar-refractivity contribution in [3.8, 4) is 22.6 Å². The highest BCUT2D eigenvalue weighted by Gasteiger charge is 2.27. The highest BCUT2D eigenvalue weighted by molar-refractivity contribution is 7.86. The van der Waals surface area contributed by atoms with Crippen LogP contribution in [-0.4, -0.2) is 25.9 Å². The summed E-state index contributed by atoms with van der Waals surface area (Å²) in [6.07, 6.45) is 4.23. The van der Waals surface area contributed by atoms with Crippen molar-refractivity contribution in [3.05, 3.63) is 72.1 Å². The van der Waals surface area contributed by atoms with Crippen LogP contribution in [0.2, 0.25) is 0 Å². The van der Waals surface area contributed by atoms with Crippen LogP contribution in [0.5, 0.6) is 11.5 Å². The number of nitrogens with one attached hydrogen (secondary N) is 1. The zero-order chi connectivity index (χ0) is 23.8. The molecule has 2 aromatic heterocycles. The topological polar surface area (TPSA) is 56.1 Å². The summed E-state index contributed by atoms with van der Waals surface area (Å²) in [6.45, 7) is 3.93. The molecule has 1 N–H and O–H groups in total. The Morgan fingerprint density at radius 1 is 1.12 bits per heavy atom. The van der Waals surface area contributed by atoms with Gasteiger partial charge in [0.05, 0.1) is 0 Å². The summed E-state index contributed by atoms with van der Waals surface area (Å²) in [7, 11) is -0.703. The monoisotopic (exact) mass is 499 g/mol. The molecule has 5 nitrogen and oxygen atoms in total. The number of hydrogen-bond donors (Lipinski definition) is 1. The average molecular weight is 500 g/mol. The van der Waals surface area contributed by atoms with Crippen molar-refractivity contribution in [1.29, 1.82) is 0 Å². The number of benzene rings is 2. The summed E-state index contributed by atoms with van der Waals surface area (Å²) < 4.78 is 51.1. The number of fused-ring (bicyclic) bond motifs is 1. The van der Waals surface area contributed by atoms with Gasteiger partial charge >= 0.3 is 0 Å². The molecular formula is C25H24F2N3O2PS. The highest BCUT2D eigenvalue weighted by Crippen LogP contribution is 2.45. The van der Waals surface area contributed by atoms with E-state index >= 15 is 0 Å². The molecule has 0 spiro atoms. The van der Waals surface area contributed by atoms with Gasteiger partial charge in [0.25, 0.3) is 0 Å². The van der Waals surface area contributed by atoms with E-state index in [1.165, 1.54) is 6.07 Å². The van der Waals surface area contributed by atoms with Crippen LogP contribution in [0.4, 0.5) is 14.5 Å². The van der Waals surface area contributed by atoms with Gasteiger partial charge in [-0.3, -0.25) is 0 Å². The Kier molecular flexibility index (Phi) is 6.36. The summed E-state index contributed by atoms with van der Waals surface area (Å²) in [4.78, 5) is 4.94. The van der Waals surface area contributed by atoms with E-state index in [2.05, 4.69) is 21.8 Å². The van der Waals surface area contributed by atoms with E-state index in [0.717, 1.165) is 47.3 Å². The number of ether oxygens (including phenoxy) is 1. The number of hydrogen-bond acceptors (Lipinski definition) is 3. The van der Waals surface area contributed by atoms with Gasteiger partial charge in [0, 0.05) is 46.3 Å². The molecule has 2 unspecified atom stereocenters. The molecule has 0 amide bonds. The Balaban J connectivity index is 1.69. The molecule has 2 heterocycles. The maximum Gasteiger partial charge on any atom is 0.168 e. The van der Waals surface area contributed by atoms with Crippen molar-refractivity contribution < 1.29 is 17.7 Å². The van der Waals surface area contributed by atoms with Gasteiger partial charge in [0.1, 0.15) is 28.2 Å². The summed E-state index contributed by atoms with van der Waals surface area (Å²) >= 11 is 0. The van der Waals surface area contributed by atoms with Gasteiger partial charge < -0.3 is 13.8 Å². The second-order valence-electron chi connectivity index (χ2n) is 8.14. The molecule has 2 aromatic carbocycles. The van der Waals surface area contributed by atoms with Gasteiger partial charge in [-0.05, 0) is 76.3 Å². The zero-order valence-corrected chi connectivity index (χ0v) is 20.6. The summed E-state index contributed by atoms with van der Waals surface area (Å²) in [5, 5.41) is 0.956. The van der Waals surface area contributed by atoms with Crippen molar-refractivity contribution in [1.82, 2.24) is 9.32 Å². The van der Waals surface area contributed by atoms with Crippen molar-refractivity contribution >= 4 is 36.4 Å². The van der Waals surface area contributed by atoms with E-state index in [9.17, 15) is 13.0 Å². The lowest BCUT2D eigenvalue weighted by molar-refractivity contribution is 0.439. The second kappa shape index (κ2) is 9.43. The number of aromatic nitrogens is 2. The van der Waals surface area contributed by atoms with Crippen LogP contribution < -0.4 is 9.46 Å². The van der Waals surface area contributed by atoms with Crippen molar-refractivity contribution in [2.24, 2.45) is 0 Å². The first kappa shape index (κ1) is 22.9. The largest absolute Gasteiger partial charge is 0.454 e. The summed E-state index contributed by atoms with van der Waals surface area (Å²) in [5.74, 6) is -0.213. The molecule has 0 radical (unpaired) electrons. The Labute approximate surface area is 201 Å². The molecule has 4 aromatic rings. The molecule has 0 bridgehead atoms. The number of pyridine rings is 1. The van der Waals surface area contributed by atoms with Crippen LogP contribution in [0.15, 0.2) is 54.7 Å². The predicted octanol–water partition coefficient (Wildman–Crippen LogP) is 6.82. The van der Waals surface area contributed by atoms with Crippen LogP contribution >= 0.6 is 8.73 Å². The molecule has 1 aliphatic carbocycles. The smallest absolute Gasteiger partial charge is 0.168 e. The maximum atomic E-state index is 14.4. The molecule has 2 atom stereocenters. The van der Waals surface area contributed by atoms with E-state index < -0.39 is 22.6 Å². The van der Waals surface area contributed by atoms with Crippen LogP contribution in [0, 0.1) is 11.6 Å². The number of nitrogens with zero attached hydrogens (tertiary/aromatic N) is 2. The van der Waals surface area contributed by atoms with Gasteiger partial charge in [-0.1, -0.05) is 6.92 Å². The molecule has 9 heteroatoms. The van der Waals surface area contributed by atoms with Crippen LogP contribution in [0.1, 0.15) is 31.4 Å². The Hall–Kier alpha value is -2.83. The normalized spacial score (nSPS) is 14.7. The second-order valence-corrected chi connectivity index (χ2v) is 10.5. The van der Waals surface area contributed by atoms with E-state index in [-0.39, 0.29) is 5.75 Å². The van der Waals surface area contributed by atoms with Gasteiger partial charge in [-0.15, -0.1) is 0 Å². The minimum atomic E-state index is -1.23. The lowest BCUT2D eigenvalue weighted by Gasteiger charge is -2.16. The van der Waals surface area contributed by atoms with Crippen LogP contribution in [-0.2, 0) is 11.0 Å². The highest BCUT2D eigenvalue weighted by atomic mass is 32.2. The van der Waals surface area contributed by atoms with E-state index in [1.54, 1.807) is 12.1 Å². The standard InChI is InChI=1S/C25H24F2N3O2PS/c1-3-34(31)29-17-7-9-23(32-24-8-6-16(26)12-21(24)27)20(13-17)19-14-22(15-4-5-15)28-25-18(19)10-11-30(25)33-2/h6-15,29,33H,3-5H2,1-2H3. The maximum absolute atomic E-state index is 14.4. The molecule has 1 saturated carbocycles. The molecule has 1 fully saturated rings. The van der Waals surface area contributed by atoms with E-state index in [0.29, 0.717) is 37.4 Å². The number of halogens is 2. The molecule has 1 aliphatic rings. The Morgan fingerprint density at radius 3 is 2.62 bits per heavy atom. The van der Waals surface area contributed by atoms with Crippen molar-refractivity contribution in [2.45, 2.75) is 25.7 Å². The van der Waals surface area contributed by atoms with Gasteiger partial charge in [0.2, 0.25) is 0 Å². The van der Waals surface area contributed by atoms with E-state index in [4.69, 9.17) is 9.72 Å². The first-order chi connectivity index (χ1) is 16.5. The Bertz CT molecular complexity index is 1400. The molecule has 0 saturated heterocycles. The van der Waals surface area contributed by atoms with Crippen molar-refractivity contribution in [3.63, 3.8) is 0 Å². The van der Waals surface area contributed by atoms with Crippen molar-refractivity contribution in [2.75, 3.05) is 17.1 Å². The third-order valence-corrected chi connectivity index (χ3v) is 7.62. The molecular weight excluding hydrogens is 475 g/mol. The first-order valence-corrected chi connectivity index (χ1v) is 13.9. The number of anilines is 1.